The van der Waals surface area contributed by atoms with E-state index >= 15 is 0 Å². The van der Waals surface area contributed by atoms with Crippen LogP contribution >= 0.6 is 0 Å². The van der Waals surface area contributed by atoms with E-state index in [0.29, 0.717) is 0 Å². The first kappa shape index (κ1) is 18.8. The molecule has 0 aliphatic heterocycles. The number of carbonyl (C=O) groups is 1. The SMILES string of the molecule is C=C(C)C(=O)OCCCCC(F)(F)C(F)(F)S(=O)(=O)[O-]. The highest BCUT2D eigenvalue weighted by Gasteiger charge is 2.60. The predicted molar refractivity (Wildman–Crippen MR) is 59.2 cm³/mol. The number of ether oxygens (including phenoxy) is 1. The molecule has 0 aliphatic carbocycles. The van der Waals surface area contributed by atoms with E-state index in [0.717, 1.165) is 0 Å². The monoisotopic (exact) mass is 321 g/mol. The highest BCUT2D eigenvalue weighted by molar-refractivity contribution is 7.86. The number of alkyl halides is 4. The quantitative estimate of drug-likeness (QED) is 0.225. The number of carbonyl (C=O) groups excluding carboxylic acids is 1. The van der Waals surface area contributed by atoms with Gasteiger partial charge in [0.05, 0.1) is 6.61 Å². The minimum absolute atomic E-state index is 0.0827. The van der Waals surface area contributed by atoms with Gasteiger partial charge >= 0.3 is 17.1 Å². The maximum absolute atomic E-state index is 13.0. The normalized spacial score (nSPS) is 13.1. The third kappa shape index (κ3) is 4.75. The summed E-state index contributed by atoms with van der Waals surface area (Å²) < 4.78 is 86.1. The Morgan fingerprint density at radius 1 is 1.25 bits per heavy atom. The van der Waals surface area contributed by atoms with Crippen LogP contribution < -0.4 is 0 Å². The van der Waals surface area contributed by atoms with E-state index < -0.39 is 40.1 Å². The van der Waals surface area contributed by atoms with Crippen LogP contribution in [0.5, 0.6) is 0 Å². The van der Waals surface area contributed by atoms with Gasteiger partial charge in [-0.2, -0.15) is 17.6 Å². The van der Waals surface area contributed by atoms with E-state index in [4.69, 9.17) is 0 Å². The third-order valence-electron chi connectivity index (χ3n) is 2.21. The molecule has 0 fully saturated rings. The highest BCUT2D eigenvalue weighted by Crippen LogP contribution is 2.41. The predicted octanol–water partition coefficient (Wildman–Crippen LogP) is 2.05. The molecule has 0 spiro atoms. The number of hydrogen-bond acceptors (Lipinski definition) is 5. The van der Waals surface area contributed by atoms with Gasteiger partial charge < -0.3 is 9.29 Å². The molecule has 0 unspecified atom stereocenters. The third-order valence-corrected chi connectivity index (χ3v) is 3.13. The van der Waals surface area contributed by atoms with Gasteiger partial charge in [0, 0.05) is 12.0 Å². The first-order chi connectivity index (χ1) is 8.83. The topological polar surface area (TPSA) is 83.5 Å². The average Bonchev–Trinajstić information content (AvgIpc) is 2.26. The summed E-state index contributed by atoms with van der Waals surface area (Å²) in [5, 5.41) is -5.67. The lowest BCUT2D eigenvalue weighted by molar-refractivity contribution is -0.165. The maximum atomic E-state index is 13.0. The number of esters is 1. The van der Waals surface area contributed by atoms with E-state index in [9.17, 15) is 35.3 Å². The van der Waals surface area contributed by atoms with Crippen LogP contribution in [0.25, 0.3) is 0 Å². The molecule has 0 aliphatic rings. The summed E-state index contributed by atoms with van der Waals surface area (Å²) in [5.41, 5.74) is 0.0827. The van der Waals surface area contributed by atoms with Crippen molar-refractivity contribution in [3.8, 4) is 0 Å². The molecule has 0 rings (SSSR count). The molecule has 10 heteroatoms. The summed E-state index contributed by atoms with van der Waals surface area (Å²) in [4.78, 5) is 10.9. The highest BCUT2D eigenvalue weighted by atomic mass is 32.2. The first-order valence-corrected chi connectivity index (χ1v) is 6.77. The molecule has 0 N–H and O–H groups in total. The molecule has 0 bridgehead atoms. The van der Waals surface area contributed by atoms with Crippen LogP contribution in [0.15, 0.2) is 12.2 Å². The molecule has 20 heavy (non-hydrogen) atoms. The van der Waals surface area contributed by atoms with E-state index in [1.165, 1.54) is 6.92 Å². The summed E-state index contributed by atoms with van der Waals surface area (Å²) in [7, 11) is -6.46. The molecule has 0 heterocycles. The van der Waals surface area contributed by atoms with E-state index in [2.05, 4.69) is 11.3 Å². The second-order valence-corrected chi connectivity index (χ2v) is 5.47. The molecule has 0 amide bonds. The van der Waals surface area contributed by atoms with Crippen LogP contribution in [0.1, 0.15) is 26.2 Å². The lowest BCUT2D eigenvalue weighted by atomic mass is 10.1. The van der Waals surface area contributed by atoms with Crippen LogP contribution in [-0.2, 0) is 19.6 Å². The van der Waals surface area contributed by atoms with Crippen molar-refractivity contribution >= 4 is 16.1 Å². The summed E-state index contributed by atoms with van der Waals surface area (Å²) >= 11 is 0. The van der Waals surface area contributed by atoms with Crippen molar-refractivity contribution < 1.29 is 40.1 Å². The molecule has 0 aromatic rings. The number of rotatable bonds is 8. The average molecular weight is 321 g/mol. The van der Waals surface area contributed by atoms with Gasteiger partial charge in [0.2, 0.25) is 0 Å². The Morgan fingerprint density at radius 3 is 2.15 bits per heavy atom. The molecule has 0 saturated heterocycles. The van der Waals surface area contributed by atoms with Crippen molar-refractivity contribution in [2.24, 2.45) is 0 Å². The second kappa shape index (κ2) is 6.53. The Labute approximate surface area is 113 Å². The minimum Gasteiger partial charge on any atom is -0.743 e. The Balaban J connectivity index is 4.32. The number of unbranched alkanes of at least 4 members (excludes halogenated alkanes) is 1. The molecule has 0 saturated carbocycles. The van der Waals surface area contributed by atoms with Gasteiger partial charge in [-0.3, -0.25) is 0 Å². The van der Waals surface area contributed by atoms with Crippen molar-refractivity contribution in [1.29, 1.82) is 0 Å². The zero-order chi connectivity index (χ0) is 16.2. The molecule has 0 atom stereocenters. The molecule has 0 aromatic heterocycles. The van der Waals surface area contributed by atoms with Gasteiger partial charge in [0.15, 0.2) is 10.1 Å². The Kier molecular flexibility index (Phi) is 6.15. The fourth-order valence-corrected chi connectivity index (χ4v) is 1.53. The summed E-state index contributed by atoms with van der Waals surface area (Å²) in [5.74, 6) is -5.74. The molecule has 118 valence electrons. The van der Waals surface area contributed by atoms with Gasteiger partial charge in [-0.25, -0.2) is 13.2 Å². The maximum Gasteiger partial charge on any atom is 0.396 e. The number of hydrogen-bond donors (Lipinski definition) is 0. The van der Waals surface area contributed by atoms with Crippen LogP contribution in [0.4, 0.5) is 17.6 Å². The lowest BCUT2D eigenvalue weighted by Gasteiger charge is -2.28. The molecule has 0 aromatic carbocycles. The van der Waals surface area contributed by atoms with E-state index in [1.807, 2.05) is 0 Å². The van der Waals surface area contributed by atoms with Crippen molar-refractivity contribution in [1.82, 2.24) is 0 Å². The number of halogens is 4. The summed E-state index contributed by atoms with van der Waals surface area (Å²) in [6.07, 6.45) is -2.27. The zero-order valence-electron chi connectivity index (χ0n) is 10.5. The van der Waals surface area contributed by atoms with Crippen LogP contribution in [-0.4, -0.2) is 36.7 Å². The van der Waals surface area contributed by atoms with Gasteiger partial charge in [-0.05, 0) is 19.8 Å². The largest absolute Gasteiger partial charge is 0.743 e. The van der Waals surface area contributed by atoms with Gasteiger partial charge in [-0.15, -0.1) is 0 Å². The lowest BCUT2D eigenvalue weighted by Crippen LogP contribution is -2.46. The first-order valence-electron chi connectivity index (χ1n) is 5.36. The van der Waals surface area contributed by atoms with Crippen molar-refractivity contribution in [2.75, 3.05) is 6.61 Å². The molecular formula is C10H13F4O5S-. The van der Waals surface area contributed by atoms with Crippen LogP contribution in [0, 0.1) is 0 Å². The van der Waals surface area contributed by atoms with Gasteiger partial charge in [-0.1, -0.05) is 6.58 Å². The van der Waals surface area contributed by atoms with E-state index in [1.54, 1.807) is 0 Å². The van der Waals surface area contributed by atoms with Crippen molar-refractivity contribution in [2.45, 2.75) is 37.4 Å². The minimum atomic E-state index is -6.46. The zero-order valence-corrected chi connectivity index (χ0v) is 11.3. The van der Waals surface area contributed by atoms with E-state index in [-0.39, 0.29) is 18.6 Å². The summed E-state index contributed by atoms with van der Waals surface area (Å²) in [6, 6.07) is 0. The Morgan fingerprint density at radius 2 is 1.75 bits per heavy atom. The summed E-state index contributed by atoms with van der Waals surface area (Å²) in [6.45, 7) is 4.31. The standard InChI is InChI=1S/C10H14F4O5S/c1-7(2)8(15)19-6-4-3-5-9(11,12)10(13,14)20(16,17)18/h1,3-6H2,2H3,(H,16,17,18)/p-1. The van der Waals surface area contributed by atoms with Crippen molar-refractivity contribution in [3.05, 3.63) is 12.2 Å². The fourth-order valence-electron chi connectivity index (χ4n) is 1.07. The molecule has 5 nitrogen and oxygen atoms in total. The van der Waals surface area contributed by atoms with Crippen LogP contribution in [0.3, 0.4) is 0 Å². The fraction of sp³-hybridized carbons (Fsp3) is 0.700. The smallest absolute Gasteiger partial charge is 0.396 e. The Hall–Kier alpha value is -1.16. The molecule has 0 radical (unpaired) electrons. The molecular weight excluding hydrogens is 308 g/mol. The Bertz CT molecular complexity index is 472. The van der Waals surface area contributed by atoms with Crippen molar-refractivity contribution in [3.63, 3.8) is 0 Å². The van der Waals surface area contributed by atoms with Crippen LogP contribution in [0.2, 0.25) is 0 Å². The second-order valence-electron chi connectivity index (χ2n) is 4.05. The van der Waals surface area contributed by atoms with Gasteiger partial charge in [0.25, 0.3) is 0 Å². The van der Waals surface area contributed by atoms with Gasteiger partial charge in [0.1, 0.15) is 0 Å².